The lowest BCUT2D eigenvalue weighted by molar-refractivity contribution is 0.0195. The normalized spacial score (nSPS) is 13.3. The van der Waals surface area contributed by atoms with Crippen molar-refractivity contribution in [2.45, 2.75) is 39.5 Å². The maximum Gasteiger partial charge on any atom is 0.410 e. The summed E-state index contributed by atoms with van der Waals surface area (Å²) in [5.74, 6) is 0. The van der Waals surface area contributed by atoms with Gasteiger partial charge in [0, 0.05) is 39.7 Å². The fraction of sp³-hybridized carbons (Fsp3) is 0.206. The lowest BCUT2D eigenvalue weighted by Gasteiger charge is -2.31. The standard InChI is InChI=1S/C34H29ClN6O4/c1-34(2,3)45-33(44)39-13-14-40-29(19-39)25(17-37-40)23-9-6-10-26(35)30(23)20-11-12-24-27(15-20)38-32(43)41(31(24)42)28-18-36-16-21-7-4-5-8-22(21)28/h4-12,15-18H,13-14,19H2,1-3H3,(H,38,43). The van der Waals surface area contributed by atoms with E-state index in [0.29, 0.717) is 46.8 Å². The Labute approximate surface area is 262 Å². The van der Waals surface area contributed by atoms with Gasteiger partial charge < -0.3 is 14.6 Å². The van der Waals surface area contributed by atoms with Crippen LogP contribution in [0.3, 0.4) is 0 Å². The SMILES string of the molecule is CC(C)(C)OC(=O)N1CCn2ncc(-c3cccc(Cl)c3-c3ccc4c(=O)n(-c5cncc6ccccc56)c(=O)[nH]c4c3)c2C1. The molecule has 0 fully saturated rings. The Morgan fingerprint density at radius 3 is 2.58 bits per heavy atom. The van der Waals surface area contributed by atoms with Gasteiger partial charge in [-0.15, -0.1) is 0 Å². The summed E-state index contributed by atoms with van der Waals surface area (Å²) >= 11 is 6.83. The van der Waals surface area contributed by atoms with Crippen molar-refractivity contribution in [3.05, 3.63) is 111 Å². The van der Waals surface area contributed by atoms with Crippen molar-refractivity contribution < 1.29 is 9.53 Å². The first-order chi connectivity index (χ1) is 21.6. The molecule has 0 aliphatic carbocycles. The van der Waals surface area contributed by atoms with Gasteiger partial charge in [-0.2, -0.15) is 5.10 Å². The molecule has 6 aromatic rings. The zero-order chi connectivity index (χ0) is 31.5. The van der Waals surface area contributed by atoms with E-state index in [1.54, 1.807) is 35.5 Å². The van der Waals surface area contributed by atoms with Crippen molar-refractivity contribution in [2.24, 2.45) is 0 Å². The Hall–Kier alpha value is -5.22. The Balaban J connectivity index is 1.32. The van der Waals surface area contributed by atoms with Crippen LogP contribution in [-0.4, -0.2) is 47.5 Å². The number of nitrogens with one attached hydrogen (secondary N) is 1. The molecule has 0 saturated heterocycles. The number of pyridine rings is 1. The largest absolute Gasteiger partial charge is 0.444 e. The summed E-state index contributed by atoms with van der Waals surface area (Å²) in [4.78, 5) is 48.8. The van der Waals surface area contributed by atoms with Crippen LogP contribution in [-0.2, 0) is 17.8 Å². The van der Waals surface area contributed by atoms with E-state index in [4.69, 9.17) is 16.3 Å². The number of rotatable bonds is 3. The van der Waals surface area contributed by atoms with Crippen LogP contribution in [0.15, 0.2) is 88.8 Å². The Morgan fingerprint density at radius 1 is 0.933 bits per heavy atom. The number of aromatic nitrogens is 5. The first-order valence-electron chi connectivity index (χ1n) is 14.5. The van der Waals surface area contributed by atoms with Crippen LogP contribution in [0.5, 0.6) is 0 Å². The molecule has 3 aromatic heterocycles. The third-order valence-electron chi connectivity index (χ3n) is 7.90. The monoisotopic (exact) mass is 620 g/mol. The molecule has 7 rings (SSSR count). The second kappa shape index (κ2) is 10.7. The Morgan fingerprint density at radius 2 is 1.76 bits per heavy atom. The average molecular weight is 621 g/mol. The van der Waals surface area contributed by atoms with Gasteiger partial charge in [-0.25, -0.2) is 14.2 Å². The van der Waals surface area contributed by atoms with Crippen molar-refractivity contribution in [3.8, 4) is 27.9 Å². The number of carbonyl (C=O) groups excluding carboxylic acids is 1. The molecule has 4 heterocycles. The van der Waals surface area contributed by atoms with E-state index in [-0.39, 0.29) is 6.09 Å². The van der Waals surface area contributed by atoms with Gasteiger partial charge in [0.1, 0.15) is 5.60 Å². The van der Waals surface area contributed by atoms with Crippen LogP contribution >= 0.6 is 11.6 Å². The molecule has 3 aromatic carbocycles. The molecule has 1 aliphatic rings. The highest BCUT2D eigenvalue weighted by Gasteiger charge is 2.29. The minimum atomic E-state index is -0.607. The third-order valence-corrected chi connectivity index (χ3v) is 8.22. The van der Waals surface area contributed by atoms with Gasteiger partial charge in [0.05, 0.1) is 47.8 Å². The molecule has 0 unspecified atom stereocenters. The maximum atomic E-state index is 13.7. The first kappa shape index (κ1) is 28.5. The molecular weight excluding hydrogens is 592 g/mol. The highest BCUT2D eigenvalue weighted by atomic mass is 35.5. The summed E-state index contributed by atoms with van der Waals surface area (Å²) in [7, 11) is 0. The van der Waals surface area contributed by atoms with Crippen LogP contribution in [0.1, 0.15) is 26.5 Å². The number of fused-ring (bicyclic) bond motifs is 3. The number of hydrogen-bond donors (Lipinski definition) is 1. The summed E-state index contributed by atoms with van der Waals surface area (Å²) in [6, 6.07) is 18.3. The molecule has 0 spiro atoms. The van der Waals surface area contributed by atoms with Gasteiger partial charge in [0.15, 0.2) is 0 Å². The molecule has 1 amide bonds. The van der Waals surface area contributed by atoms with Gasteiger partial charge in [0.25, 0.3) is 5.56 Å². The molecule has 0 atom stereocenters. The molecule has 0 saturated carbocycles. The smallest absolute Gasteiger partial charge is 0.410 e. The molecule has 11 heteroatoms. The lowest BCUT2D eigenvalue weighted by atomic mass is 9.93. The van der Waals surface area contributed by atoms with Crippen LogP contribution < -0.4 is 11.2 Å². The molecule has 10 nitrogen and oxygen atoms in total. The van der Waals surface area contributed by atoms with Crippen molar-refractivity contribution in [2.75, 3.05) is 6.54 Å². The number of benzene rings is 3. The Kier molecular flexibility index (Phi) is 6.81. The predicted octanol–water partition coefficient (Wildman–Crippen LogP) is 6.16. The summed E-state index contributed by atoms with van der Waals surface area (Å²) in [5.41, 5.74) is 3.08. The van der Waals surface area contributed by atoms with E-state index in [0.717, 1.165) is 37.7 Å². The lowest BCUT2D eigenvalue weighted by Crippen LogP contribution is -2.41. The minimum Gasteiger partial charge on any atom is -0.444 e. The van der Waals surface area contributed by atoms with Crippen LogP contribution in [0.2, 0.25) is 5.02 Å². The summed E-state index contributed by atoms with van der Waals surface area (Å²) in [6.45, 7) is 6.86. The van der Waals surface area contributed by atoms with Gasteiger partial charge >= 0.3 is 11.8 Å². The number of amides is 1. The van der Waals surface area contributed by atoms with Gasteiger partial charge in [-0.05, 0) is 50.1 Å². The zero-order valence-electron chi connectivity index (χ0n) is 24.9. The first-order valence-corrected chi connectivity index (χ1v) is 14.9. The fourth-order valence-corrected chi connectivity index (χ4v) is 6.15. The van der Waals surface area contributed by atoms with Crippen LogP contribution in [0, 0.1) is 0 Å². The van der Waals surface area contributed by atoms with E-state index in [1.165, 1.54) is 6.20 Å². The average Bonchev–Trinajstić information content (AvgIpc) is 3.43. The van der Waals surface area contributed by atoms with E-state index >= 15 is 0 Å². The molecule has 45 heavy (non-hydrogen) atoms. The number of nitrogens with zero attached hydrogens (tertiary/aromatic N) is 5. The fourth-order valence-electron chi connectivity index (χ4n) is 5.87. The molecule has 0 radical (unpaired) electrons. The Bertz CT molecular complexity index is 2260. The predicted molar refractivity (Wildman–Crippen MR) is 174 cm³/mol. The maximum absolute atomic E-state index is 13.7. The highest BCUT2D eigenvalue weighted by molar-refractivity contribution is 6.34. The van der Waals surface area contributed by atoms with Crippen molar-refractivity contribution in [1.82, 2.24) is 29.2 Å². The summed E-state index contributed by atoms with van der Waals surface area (Å²) in [5, 5.41) is 6.99. The van der Waals surface area contributed by atoms with Crippen molar-refractivity contribution in [3.63, 3.8) is 0 Å². The summed E-state index contributed by atoms with van der Waals surface area (Å²) < 4.78 is 8.63. The topological polar surface area (TPSA) is 115 Å². The highest BCUT2D eigenvalue weighted by Crippen LogP contribution is 2.40. The summed E-state index contributed by atoms with van der Waals surface area (Å²) in [6.07, 6.45) is 4.62. The number of ether oxygens (including phenoxy) is 1. The number of halogens is 1. The second-order valence-electron chi connectivity index (χ2n) is 12.0. The third kappa shape index (κ3) is 5.06. The molecule has 1 aliphatic heterocycles. The van der Waals surface area contributed by atoms with E-state index in [9.17, 15) is 14.4 Å². The number of H-pyrrole nitrogens is 1. The van der Waals surface area contributed by atoms with Crippen molar-refractivity contribution >= 4 is 39.4 Å². The van der Waals surface area contributed by atoms with E-state index < -0.39 is 16.9 Å². The second-order valence-corrected chi connectivity index (χ2v) is 12.4. The van der Waals surface area contributed by atoms with Crippen LogP contribution in [0.4, 0.5) is 4.79 Å². The van der Waals surface area contributed by atoms with Crippen molar-refractivity contribution in [1.29, 1.82) is 0 Å². The van der Waals surface area contributed by atoms with Gasteiger partial charge in [0.2, 0.25) is 0 Å². The van der Waals surface area contributed by atoms with Crippen LogP contribution in [0.25, 0.3) is 49.6 Å². The van der Waals surface area contributed by atoms with Gasteiger partial charge in [-0.3, -0.25) is 14.5 Å². The zero-order valence-corrected chi connectivity index (χ0v) is 25.6. The number of aromatic amines is 1. The molecular formula is C34H29ClN6O4. The molecule has 1 N–H and O–H groups in total. The number of carbonyl (C=O) groups is 1. The number of hydrogen-bond acceptors (Lipinski definition) is 6. The minimum absolute atomic E-state index is 0.323. The van der Waals surface area contributed by atoms with E-state index in [2.05, 4.69) is 15.1 Å². The quantitative estimate of drug-likeness (QED) is 0.253. The van der Waals surface area contributed by atoms with E-state index in [1.807, 2.05) is 67.9 Å². The molecule has 226 valence electrons. The van der Waals surface area contributed by atoms with Gasteiger partial charge in [-0.1, -0.05) is 54.1 Å². The molecule has 0 bridgehead atoms.